The molecule has 2 aromatic heterocycles. The Morgan fingerprint density at radius 3 is 2.88 bits per heavy atom. The number of pyridine rings is 1. The third kappa shape index (κ3) is 3.47. The molecule has 0 bridgehead atoms. The molecule has 1 aromatic carbocycles. The van der Waals surface area contributed by atoms with Crippen molar-refractivity contribution in [2.75, 3.05) is 7.11 Å². The van der Waals surface area contributed by atoms with E-state index in [1.807, 2.05) is 42.6 Å². The predicted molar refractivity (Wildman–Crippen MR) is 93.1 cm³/mol. The minimum atomic E-state index is -0.446. The molecule has 0 saturated heterocycles. The van der Waals surface area contributed by atoms with E-state index >= 15 is 0 Å². The number of aryl methyl sites for hydroxylation is 1. The topological polar surface area (TPSA) is 55.6 Å². The van der Waals surface area contributed by atoms with Gasteiger partial charge in [0.15, 0.2) is 11.6 Å². The van der Waals surface area contributed by atoms with Crippen molar-refractivity contribution in [1.82, 2.24) is 14.7 Å². The van der Waals surface area contributed by atoms with Gasteiger partial charge in [0.1, 0.15) is 5.65 Å². The fourth-order valence-corrected chi connectivity index (χ4v) is 2.86. The maximum absolute atomic E-state index is 13.8. The summed E-state index contributed by atoms with van der Waals surface area (Å²) in [4.78, 5) is 16.9. The fourth-order valence-electron chi connectivity index (χ4n) is 2.86. The number of carbonyl (C=O) groups excluding carboxylic acids is 1. The highest BCUT2D eigenvalue weighted by Crippen LogP contribution is 2.22. The van der Waals surface area contributed by atoms with Crippen molar-refractivity contribution in [2.45, 2.75) is 26.3 Å². The summed E-state index contributed by atoms with van der Waals surface area (Å²) in [5.74, 6) is -0.403. The summed E-state index contributed by atoms with van der Waals surface area (Å²) in [7, 11) is 1.42. The van der Waals surface area contributed by atoms with Crippen LogP contribution in [0.25, 0.3) is 5.65 Å². The first-order chi connectivity index (χ1) is 12.0. The van der Waals surface area contributed by atoms with E-state index < -0.39 is 5.82 Å². The van der Waals surface area contributed by atoms with Crippen molar-refractivity contribution in [3.05, 3.63) is 65.4 Å². The fraction of sp³-hybridized carbons (Fsp3) is 0.263. The van der Waals surface area contributed by atoms with Crippen LogP contribution in [0.2, 0.25) is 0 Å². The number of halogens is 1. The lowest BCUT2D eigenvalue weighted by atomic mass is 10.1. The van der Waals surface area contributed by atoms with E-state index in [9.17, 15) is 9.18 Å². The summed E-state index contributed by atoms with van der Waals surface area (Å²) < 4.78 is 20.7. The zero-order chi connectivity index (χ0) is 18.0. The number of amides is 1. The smallest absolute Gasteiger partial charge is 0.226 e. The number of methoxy groups -OCH3 is 1. The molecule has 6 heteroatoms. The summed E-state index contributed by atoms with van der Waals surface area (Å²) in [5, 5.41) is 2.90. The summed E-state index contributed by atoms with van der Waals surface area (Å²) in [6, 6.07) is 10.1. The van der Waals surface area contributed by atoms with Gasteiger partial charge in [0, 0.05) is 6.20 Å². The first-order valence-electron chi connectivity index (χ1n) is 8.05. The van der Waals surface area contributed by atoms with Crippen molar-refractivity contribution < 1.29 is 13.9 Å². The predicted octanol–water partition coefficient (Wildman–Crippen LogP) is 3.21. The number of fused-ring (bicyclic) bond motifs is 1. The van der Waals surface area contributed by atoms with Crippen LogP contribution in [0.4, 0.5) is 4.39 Å². The summed E-state index contributed by atoms with van der Waals surface area (Å²) in [6.07, 6.45) is 2.10. The third-order valence-corrected chi connectivity index (χ3v) is 4.21. The van der Waals surface area contributed by atoms with Gasteiger partial charge in [0.25, 0.3) is 0 Å². The second-order valence-corrected chi connectivity index (χ2v) is 5.93. The molecule has 2 heterocycles. The highest BCUT2D eigenvalue weighted by atomic mass is 19.1. The summed E-state index contributed by atoms with van der Waals surface area (Å²) in [6.45, 7) is 3.71. The lowest BCUT2D eigenvalue weighted by Gasteiger charge is -2.15. The van der Waals surface area contributed by atoms with Gasteiger partial charge in [-0.2, -0.15) is 0 Å². The van der Waals surface area contributed by atoms with Crippen LogP contribution in [0.3, 0.4) is 0 Å². The van der Waals surface area contributed by atoms with E-state index in [2.05, 4.69) is 10.3 Å². The molecular formula is C19H20FN3O2. The van der Waals surface area contributed by atoms with E-state index in [1.54, 1.807) is 12.1 Å². The molecule has 0 aliphatic carbocycles. The van der Waals surface area contributed by atoms with Crippen LogP contribution in [-0.2, 0) is 11.2 Å². The van der Waals surface area contributed by atoms with Crippen LogP contribution in [0.5, 0.6) is 5.75 Å². The molecule has 0 saturated carbocycles. The van der Waals surface area contributed by atoms with Gasteiger partial charge in [0.2, 0.25) is 5.91 Å². The van der Waals surface area contributed by atoms with Crippen molar-refractivity contribution in [1.29, 1.82) is 0 Å². The normalized spacial score (nSPS) is 12.2. The number of aromatic nitrogens is 2. The highest BCUT2D eigenvalue weighted by Gasteiger charge is 2.16. The van der Waals surface area contributed by atoms with Crippen LogP contribution >= 0.6 is 0 Å². The molecule has 0 unspecified atom stereocenters. The lowest BCUT2D eigenvalue weighted by Crippen LogP contribution is -2.28. The van der Waals surface area contributed by atoms with Gasteiger partial charge in [0.05, 0.1) is 31.0 Å². The molecule has 0 radical (unpaired) electrons. The van der Waals surface area contributed by atoms with Gasteiger partial charge in [-0.05, 0) is 43.7 Å². The molecule has 3 rings (SSSR count). The van der Waals surface area contributed by atoms with E-state index in [0.29, 0.717) is 5.56 Å². The highest BCUT2D eigenvalue weighted by molar-refractivity contribution is 5.79. The van der Waals surface area contributed by atoms with Crippen molar-refractivity contribution in [3.8, 4) is 5.75 Å². The van der Waals surface area contributed by atoms with Gasteiger partial charge < -0.3 is 14.5 Å². The standard InChI is InChI=1S/C19H20FN3O2/c1-12(14-7-8-17(25-3)15(20)10-14)22-19(24)11-16-13(2)21-18-6-4-5-9-23(16)18/h4-10,12H,11H2,1-3H3,(H,22,24)/t12-/m0/s1. The molecule has 0 aliphatic heterocycles. The second-order valence-electron chi connectivity index (χ2n) is 5.93. The van der Waals surface area contributed by atoms with E-state index in [4.69, 9.17) is 4.74 Å². The number of rotatable bonds is 5. The zero-order valence-electron chi connectivity index (χ0n) is 14.4. The number of nitrogens with zero attached hydrogens (tertiary/aromatic N) is 2. The Hall–Kier alpha value is -2.89. The Morgan fingerprint density at radius 2 is 2.16 bits per heavy atom. The lowest BCUT2D eigenvalue weighted by molar-refractivity contribution is -0.121. The van der Waals surface area contributed by atoms with Crippen molar-refractivity contribution >= 4 is 11.6 Å². The SMILES string of the molecule is COc1ccc([C@H](C)NC(=O)Cc2c(C)nc3ccccn23)cc1F. The molecule has 0 spiro atoms. The maximum Gasteiger partial charge on any atom is 0.226 e. The molecule has 0 aliphatic rings. The molecule has 1 amide bonds. The Labute approximate surface area is 145 Å². The van der Waals surface area contributed by atoms with Gasteiger partial charge in [-0.25, -0.2) is 9.37 Å². The van der Waals surface area contributed by atoms with E-state index in [0.717, 1.165) is 17.0 Å². The largest absolute Gasteiger partial charge is 0.494 e. The van der Waals surface area contributed by atoms with Crippen LogP contribution in [0, 0.1) is 12.7 Å². The van der Waals surface area contributed by atoms with Crippen molar-refractivity contribution in [2.24, 2.45) is 0 Å². The van der Waals surface area contributed by atoms with E-state index in [-0.39, 0.29) is 24.1 Å². The van der Waals surface area contributed by atoms with Crippen LogP contribution < -0.4 is 10.1 Å². The van der Waals surface area contributed by atoms with Gasteiger partial charge in [-0.1, -0.05) is 12.1 Å². The van der Waals surface area contributed by atoms with Gasteiger partial charge in [-0.3, -0.25) is 4.79 Å². The quantitative estimate of drug-likeness (QED) is 0.775. The van der Waals surface area contributed by atoms with Crippen LogP contribution in [0.1, 0.15) is 29.9 Å². The zero-order valence-corrected chi connectivity index (χ0v) is 14.4. The van der Waals surface area contributed by atoms with Crippen molar-refractivity contribution in [3.63, 3.8) is 0 Å². The number of imidazole rings is 1. The number of carbonyl (C=O) groups is 1. The van der Waals surface area contributed by atoms with Crippen LogP contribution in [-0.4, -0.2) is 22.4 Å². The van der Waals surface area contributed by atoms with Gasteiger partial charge >= 0.3 is 0 Å². The average molecular weight is 341 g/mol. The molecule has 1 N–H and O–H groups in total. The van der Waals surface area contributed by atoms with Crippen LogP contribution in [0.15, 0.2) is 42.6 Å². The molecule has 1 atom stereocenters. The third-order valence-electron chi connectivity index (χ3n) is 4.21. The molecule has 25 heavy (non-hydrogen) atoms. The monoisotopic (exact) mass is 341 g/mol. The maximum atomic E-state index is 13.8. The van der Waals surface area contributed by atoms with Gasteiger partial charge in [-0.15, -0.1) is 0 Å². The number of hydrogen-bond donors (Lipinski definition) is 1. The first kappa shape index (κ1) is 17.0. The molecule has 130 valence electrons. The number of hydrogen-bond acceptors (Lipinski definition) is 3. The Bertz CT molecular complexity index is 920. The molecule has 3 aromatic rings. The molecule has 5 nitrogen and oxygen atoms in total. The second kappa shape index (κ2) is 6.93. The Balaban J connectivity index is 1.73. The Kier molecular flexibility index (Phi) is 4.70. The minimum Gasteiger partial charge on any atom is -0.494 e. The average Bonchev–Trinajstić information content (AvgIpc) is 2.90. The first-order valence-corrected chi connectivity index (χ1v) is 8.05. The Morgan fingerprint density at radius 1 is 1.36 bits per heavy atom. The minimum absolute atomic E-state index is 0.141. The number of benzene rings is 1. The van der Waals surface area contributed by atoms with E-state index in [1.165, 1.54) is 13.2 Å². The summed E-state index contributed by atoms with van der Waals surface area (Å²) >= 11 is 0. The summed E-state index contributed by atoms with van der Waals surface area (Å²) in [5.41, 5.74) is 3.17. The number of ether oxygens (including phenoxy) is 1. The molecule has 0 fully saturated rings. The number of nitrogens with one attached hydrogen (secondary N) is 1. The molecular weight excluding hydrogens is 321 g/mol.